The zero-order valence-electron chi connectivity index (χ0n) is 9.36. The zero-order valence-corrected chi connectivity index (χ0v) is 11.5. The average Bonchev–Trinajstić information content (AvgIpc) is 2.37. The standard InChI is InChI=1S/C14H14INO/c15-13-2-1-3-14(8-13)16-9-11-4-6-12(10-17)7-5-11/h1-8,16-17H,9-10H2. The highest BCUT2D eigenvalue weighted by molar-refractivity contribution is 14.1. The van der Waals surface area contributed by atoms with Crippen LogP contribution in [0.4, 0.5) is 5.69 Å². The van der Waals surface area contributed by atoms with Gasteiger partial charge in [0.05, 0.1) is 6.61 Å². The molecule has 0 spiro atoms. The maximum atomic E-state index is 8.95. The second-order valence-corrected chi connectivity index (χ2v) is 5.08. The SMILES string of the molecule is OCc1ccc(CNc2cccc(I)c2)cc1. The summed E-state index contributed by atoms with van der Waals surface area (Å²) in [6, 6.07) is 16.3. The minimum absolute atomic E-state index is 0.102. The third kappa shape index (κ3) is 3.71. The summed E-state index contributed by atoms with van der Waals surface area (Å²) in [6.07, 6.45) is 0. The van der Waals surface area contributed by atoms with Crippen LogP contribution in [0.3, 0.4) is 0 Å². The number of anilines is 1. The molecule has 3 heteroatoms. The predicted molar refractivity (Wildman–Crippen MR) is 78.9 cm³/mol. The number of nitrogens with one attached hydrogen (secondary N) is 1. The lowest BCUT2D eigenvalue weighted by atomic mass is 10.1. The molecule has 0 fully saturated rings. The van der Waals surface area contributed by atoms with E-state index < -0.39 is 0 Å². The molecule has 0 aliphatic rings. The van der Waals surface area contributed by atoms with Crippen molar-refractivity contribution in [1.29, 1.82) is 0 Å². The van der Waals surface area contributed by atoms with E-state index in [9.17, 15) is 0 Å². The first-order chi connectivity index (χ1) is 8.28. The molecule has 2 N–H and O–H groups in total. The molecule has 2 nitrogen and oxygen atoms in total. The fourth-order valence-electron chi connectivity index (χ4n) is 1.57. The molecule has 0 unspecified atom stereocenters. The molecule has 0 heterocycles. The van der Waals surface area contributed by atoms with E-state index in [1.165, 1.54) is 9.13 Å². The van der Waals surface area contributed by atoms with E-state index in [1.54, 1.807) is 0 Å². The summed E-state index contributed by atoms with van der Waals surface area (Å²) in [7, 11) is 0. The fraction of sp³-hybridized carbons (Fsp3) is 0.143. The highest BCUT2D eigenvalue weighted by atomic mass is 127. The van der Waals surface area contributed by atoms with Gasteiger partial charge in [-0.2, -0.15) is 0 Å². The van der Waals surface area contributed by atoms with Gasteiger partial charge in [0.25, 0.3) is 0 Å². The minimum atomic E-state index is 0.102. The van der Waals surface area contributed by atoms with E-state index in [4.69, 9.17) is 5.11 Å². The number of aliphatic hydroxyl groups excluding tert-OH is 1. The molecule has 2 aromatic rings. The topological polar surface area (TPSA) is 32.3 Å². The molecule has 0 aromatic heterocycles. The molecule has 0 aliphatic carbocycles. The Kier molecular flexibility index (Phi) is 4.39. The first-order valence-corrected chi connectivity index (χ1v) is 6.54. The second-order valence-electron chi connectivity index (χ2n) is 3.84. The molecule has 88 valence electrons. The summed E-state index contributed by atoms with van der Waals surface area (Å²) in [5.74, 6) is 0. The third-order valence-electron chi connectivity index (χ3n) is 2.53. The largest absolute Gasteiger partial charge is 0.392 e. The Morgan fingerprint density at radius 3 is 2.35 bits per heavy atom. The molecule has 0 saturated carbocycles. The van der Waals surface area contributed by atoms with Gasteiger partial charge in [0.1, 0.15) is 0 Å². The van der Waals surface area contributed by atoms with Crippen LogP contribution in [-0.4, -0.2) is 5.11 Å². The van der Waals surface area contributed by atoms with Gasteiger partial charge in [0, 0.05) is 15.8 Å². The Labute approximate surface area is 115 Å². The van der Waals surface area contributed by atoms with Crippen molar-refractivity contribution in [3.63, 3.8) is 0 Å². The number of aliphatic hydroxyl groups is 1. The summed E-state index contributed by atoms with van der Waals surface area (Å²) in [5, 5.41) is 12.3. The van der Waals surface area contributed by atoms with Gasteiger partial charge in [-0.25, -0.2) is 0 Å². The van der Waals surface area contributed by atoms with Gasteiger partial charge < -0.3 is 10.4 Å². The summed E-state index contributed by atoms with van der Waals surface area (Å²) < 4.78 is 1.23. The van der Waals surface area contributed by atoms with E-state index in [0.717, 1.165) is 17.8 Å². The van der Waals surface area contributed by atoms with Crippen molar-refractivity contribution in [2.45, 2.75) is 13.2 Å². The normalized spacial score (nSPS) is 10.2. The second kappa shape index (κ2) is 6.02. The first kappa shape index (κ1) is 12.4. The lowest BCUT2D eigenvalue weighted by Gasteiger charge is -2.07. The van der Waals surface area contributed by atoms with Crippen LogP contribution in [0.25, 0.3) is 0 Å². The number of halogens is 1. The Morgan fingerprint density at radius 2 is 1.71 bits per heavy atom. The number of hydrogen-bond acceptors (Lipinski definition) is 2. The minimum Gasteiger partial charge on any atom is -0.392 e. The van der Waals surface area contributed by atoms with E-state index >= 15 is 0 Å². The molecule has 0 aliphatic heterocycles. The van der Waals surface area contributed by atoms with Crippen molar-refractivity contribution in [2.24, 2.45) is 0 Å². The van der Waals surface area contributed by atoms with Crippen LogP contribution in [0.2, 0.25) is 0 Å². The molecule has 2 rings (SSSR count). The molecule has 0 amide bonds. The van der Waals surface area contributed by atoms with E-state index in [1.807, 2.05) is 30.3 Å². The van der Waals surface area contributed by atoms with Crippen LogP contribution >= 0.6 is 22.6 Å². The molecule has 0 radical (unpaired) electrons. The Morgan fingerprint density at radius 1 is 1.00 bits per heavy atom. The number of hydrogen-bond donors (Lipinski definition) is 2. The third-order valence-corrected chi connectivity index (χ3v) is 3.20. The van der Waals surface area contributed by atoms with Gasteiger partial charge in [-0.15, -0.1) is 0 Å². The van der Waals surface area contributed by atoms with Crippen LogP contribution in [0.5, 0.6) is 0 Å². The summed E-state index contributed by atoms with van der Waals surface area (Å²) in [4.78, 5) is 0. The molecule has 17 heavy (non-hydrogen) atoms. The van der Waals surface area contributed by atoms with Crippen molar-refractivity contribution in [2.75, 3.05) is 5.32 Å². The van der Waals surface area contributed by atoms with Crippen LogP contribution in [0, 0.1) is 3.57 Å². The van der Waals surface area contributed by atoms with Crippen LogP contribution in [0.15, 0.2) is 48.5 Å². The number of rotatable bonds is 4. The van der Waals surface area contributed by atoms with Crippen LogP contribution < -0.4 is 5.32 Å². The molecular formula is C14H14INO. The molecule has 0 saturated heterocycles. The quantitative estimate of drug-likeness (QED) is 0.837. The van der Waals surface area contributed by atoms with Gasteiger partial charge in [0.2, 0.25) is 0 Å². The Bertz CT molecular complexity index is 482. The lowest BCUT2D eigenvalue weighted by Crippen LogP contribution is -1.99. The van der Waals surface area contributed by atoms with E-state index in [0.29, 0.717) is 0 Å². The maximum absolute atomic E-state index is 8.95. The predicted octanol–water partition coefficient (Wildman–Crippen LogP) is 3.40. The molecule has 0 bridgehead atoms. The van der Waals surface area contributed by atoms with Crippen molar-refractivity contribution < 1.29 is 5.11 Å². The van der Waals surface area contributed by atoms with Gasteiger partial charge >= 0.3 is 0 Å². The highest BCUT2D eigenvalue weighted by Gasteiger charge is 1.95. The summed E-state index contributed by atoms with van der Waals surface area (Å²) in [6.45, 7) is 0.899. The van der Waals surface area contributed by atoms with Gasteiger partial charge in [-0.3, -0.25) is 0 Å². The highest BCUT2D eigenvalue weighted by Crippen LogP contribution is 2.14. The molecular weight excluding hydrogens is 325 g/mol. The van der Waals surface area contributed by atoms with Crippen molar-refractivity contribution in [3.05, 3.63) is 63.2 Å². The van der Waals surface area contributed by atoms with E-state index in [2.05, 4.69) is 46.1 Å². The van der Waals surface area contributed by atoms with Gasteiger partial charge in [0.15, 0.2) is 0 Å². The van der Waals surface area contributed by atoms with Gasteiger partial charge in [-0.1, -0.05) is 30.3 Å². The lowest BCUT2D eigenvalue weighted by molar-refractivity contribution is 0.282. The Balaban J connectivity index is 1.97. The van der Waals surface area contributed by atoms with Crippen LogP contribution in [-0.2, 0) is 13.2 Å². The fourth-order valence-corrected chi connectivity index (χ4v) is 2.11. The molecule has 2 aromatic carbocycles. The maximum Gasteiger partial charge on any atom is 0.0681 e. The van der Waals surface area contributed by atoms with E-state index in [-0.39, 0.29) is 6.61 Å². The monoisotopic (exact) mass is 339 g/mol. The zero-order chi connectivity index (χ0) is 12.1. The Hall–Kier alpha value is -1.07. The summed E-state index contributed by atoms with van der Waals surface area (Å²) >= 11 is 2.30. The first-order valence-electron chi connectivity index (χ1n) is 5.46. The van der Waals surface area contributed by atoms with Crippen molar-refractivity contribution in [3.8, 4) is 0 Å². The van der Waals surface area contributed by atoms with Crippen molar-refractivity contribution >= 4 is 28.3 Å². The van der Waals surface area contributed by atoms with Gasteiger partial charge in [-0.05, 0) is 51.9 Å². The smallest absolute Gasteiger partial charge is 0.0681 e. The molecule has 0 atom stereocenters. The average molecular weight is 339 g/mol. The van der Waals surface area contributed by atoms with Crippen LogP contribution in [0.1, 0.15) is 11.1 Å². The van der Waals surface area contributed by atoms with Crippen molar-refractivity contribution in [1.82, 2.24) is 0 Å². The summed E-state index contributed by atoms with van der Waals surface area (Å²) in [5.41, 5.74) is 3.28. The number of benzene rings is 2.